The van der Waals surface area contributed by atoms with Gasteiger partial charge in [-0.15, -0.1) is 0 Å². The van der Waals surface area contributed by atoms with Crippen molar-refractivity contribution in [3.05, 3.63) is 29.8 Å². The zero-order valence-corrected chi connectivity index (χ0v) is 11.2. The Labute approximate surface area is 117 Å². The van der Waals surface area contributed by atoms with Gasteiger partial charge < -0.3 is 15.5 Å². The number of carbonyl (C=O) groups is 2. The lowest BCUT2D eigenvalue weighted by atomic mass is 9.86. The van der Waals surface area contributed by atoms with Crippen LogP contribution in [-0.4, -0.2) is 28.1 Å². The van der Waals surface area contributed by atoms with Gasteiger partial charge in [-0.05, 0) is 43.4 Å². The lowest BCUT2D eigenvalue weighted by molar-refractivity contribution is -0.142. The van der Waals surface area contributed by atoms with E-state index in [1.807, 2.05) is 0 Å². The molecule has 1 aromatic carbocycles. The summed E-state index contributed by atoms with van der Waals surface area (Å²) in [6.45, 7) is 0. The number of amides is 1. The van der Waals surface area contributed by atoms with Crippen LogP contribution in [0.2, 0.25) is 0 Å². The van der Waals surface area contributed by atoms with Crippen LogP contribution in [0.1, 0.15) is 31.2 Å². The normalized spacial score (nSPS) is 22.2. The zero-order chi connectivity index (χ0) is 14.5. The van der Waals surface area contributed by atoms with E-state index in [1.54, 1.807) is 24.3 Å². The molecular formula is C15H19NO4. The summed E-state index contributed by atoms with van der Waals surface area (Å²) in [6.07, 6.45) is 2.97. The van der Waals surface area contributed by atoms with E-state index in [0.717, 1.165) is 18.4 Å². The maximum atomic E-state index is 11.9. The molecule has 1 aliphatic carbocycles. The van der Waals surface area contributed by atoms with Gasteiger partial charge in [-0.25, -0.2) is 0 Å². The van der Waals surface area contributed by atoms with Gasteiger partial charge in [0.15, 0.2) is 0 Å². The number of aromatic hydroxyl groups is 1. The Morgan fingerprint density at radius 1 is 1.10 bits per heavy atom. The van der Waals surface area contributed by atoms with Crippen molar-refractivity contribution in [2.75, 3.05) is 0 Å². The molecule has 0 radical (unpaired) electrons. The number of benzene rings is 1. The third kappa shape index (κ3) is 3.98. The van der Waals surface area contributed by atoms with Crippen molar-refractivity contribution in [3.8, 4) is 5.75 Å². The van der Waals surface area contributed by atoms with E-state index in [9.17, 15) is 14.7 Å². The highest BCUT2D eigenvalue weighted by atomic mass is 16.4. The summed E-state index contributed by atoms with van der Waals surface area (Å²) < 4.78 is 0. The van der Waals surface area contributed by atoms with Crippen LogP contribution in [-0.2, 0) is 16.0 Å². The van der Waals surface area contributed by atoms with Gasteiger partial charge in [-0.3, -0.25) is 9.59 Å². The van der Waals surface area contributed by atoms with Gasteiger partial charge in [0, 0.05) is 6.04 Å². The van der Waals surface area contributed by atoms with E-state index >= 15 is 0 Å². The number of rotatable bonds is 4. The number of carbonyl (C=O) groups excluding carboxylic acids is 1. The first kappa shape index (κ1) is 14.4. The van der Waals surface area contributed by atoms with Crippen molar-refractivity contribution in [1.29, 1.82) is 0 Å². The van der Waals surface area contributed by atoms with Gasteiger partial charge in [-0.2, -0.15) is 0 Å². The van der Waals surface area contributed by atoms with Crippen molar-refractivity contribution in [2.24, 2.45) is 5.92 Å². The summed E-state index contributed by atoms with van der Waals surface area (Å²) in [5.41, 5.74) is 0.847. The summed E-state index contributed by atoms with van der Waals surface area (Å²) in [5, 5.41) is 21.0. The molecule has 108 valence electrons. The smallest absolute Gasteiger partial charge is 0.306 e. The molecule has 0 atom stereocenters. The molecule has 1 aromatic rings. The molecular weight excluding hydrogens is 258 g/mol. The lowest BCUT2D eigenvalue weighted by Gasteiger charge is -2.26. The fraction of sp³-hybridized carbons (Fsp3) is 0.467. The molecule has 0 heterocycles. The van der Waals surface area contributed by atoms with Crippen LogP contribution in [0.4, 0.5) is 0 Å². The fourth-order valence-electron chi connectivity index (χ4n) is 2.56. The number of aliphatic carboxylic acids is 1. The maximum Gasteiger partial charge on any atom is 0.306 e. The summed E-state index contributed by atoms with van der Waals surface area (Å²) in [4.78, 5) is 22.7. The second kappa shape index (κ2) is 6.41. The second-order valence-electron chi connectivity index (χ2n) is 5.30. The van der Waals surface area contributed by atoms with Crippen LogP contribution in [0.15, 0.2) is 24.3 Å². The van der Waals surface area contributed by atoms with Crippen LogP contribution in [0, 0.1) is 5.92 Å². The highest BCUT2D eigenvalue weighted by molar-refractivity contribution is 5.79. The number of carboxylic acids is 1. The first-order chi connectivity index (χ1) is 9.54. The topological polar surface area (TPSA) is 86.6 Å². The zero-order valence-electron chi connectivity index (χ0n) is 11.2. The predicted molar refractivity (Wildman–Crippen MR) is 73.3 cm³/mol. The highest BCUT2D eigenvalue weighted by Crippen LogP contribution is 2.24. The first-order valence-corrected chi connectivity index (χ1v) is 6.84. The second-order valence-corrected chi connectivity index (χ2v) is 5.30. The Morgan fingerprint density at radius 3 is 2.25 bits per heavy atom. The number of phenolic OH excluding ortho intramolecular Hbond substituents is 1. The minimum Gasteiger partial charge on any atom is -0.508 e. The molecule has 0 spiro atoms. The van der Waals surface area contributed by atoms with Gasteiger partial charge in [0.2, 0.25) is 5.91 Å². The molecule has 20 heavy (non-hydrogen) atoms. The van der Waals surface area contributed by atoms with E-state index < -0.39 is 5.97 Å². The Kier molecular flexibility index (Phi) is 4.61. The highest BCUT2D eigenvalue weighted by Gasteiger charge is 2.26. The maximum absolute atomic E-state index is 11.9. The van der Waals surface area contributed by atoms with Gasteiger partial charge >= 0.3 is 5.97 Å². The number of nitrogens with one attached hydrogen (secondary N) is 1. The van der Waals surface area contributed by atoms with E-state index in [0.29, 0.717) is 12.8 Å². The van der Waals surface area contributed by atoms with Crippen molar-refractivity contribution in [1.82, 2.24) is 5.32 Å². The molecule has 0 bridgehead atoms. The van der Waals surface area contributed by atoms with E-state index in [4.69, 9.17) is 5.11 Å². The molecule has 0 aliphatic heterocycles. The predicted octanol–water partition coefficient (Wildman–Crippen LogP) is 1.69. The molecule has 1 aliphatic rings. The van der Waals surface area contributed by atoms with Crippen LogP contribution in [0.25, 0.3) is 0 Å². The monoisotopic (exact) mass is 277 g/mol. The molecule has 1 saturated carbocycles. The average Bonchev–Trinajstić information content (AvgIpc) is 2.42. The lowest BCUT2D eigenvalue weighted by Crippen LogP contribution is -2.39. The van der Waals surface area contributed by atoms with Crippen molar-refractivity contribution >= 4 is 11.9 Å². The SMILES string of the molecule is O=C(Cc1ccc(O)cc1)NC1CCC(C(=O)O)CC1. The van der Waals surface area contributed by atoms with Crippen LogP contribution >= 0.6 is 0 Å². The summed E-state index contributed by atoms with van der Waals surface area (Å²) >= 11 is 0. The molecule has 0 aromatic heterocycles. The van der Waals surface area contributed by atoms with Gasteiger partial charge in [0.05, 0.1) is 12.3 Å². The molecule has 0 unspecified atom stereocenters. The molecule has 1 fully saturated rings. The number of hydrogen-bond acceptors (Lipinski definition) is 3. The van der Waals surface area contributed by atoms with Gasteiger partial charge in [-0.1, -0.05) is 12.1 Å². The largest absolute Gasteiger partial charge is 0.508 e. The van der Waals surface area contributed by atoms with E-state index in [2.05, 4.69) is 5.32 Å². The summed E-state index contributed by atoms with van der Waals surface area (Å²) in [5.74, 6) is -0.880. The average molecular weight is 277 g/mol. The molecule has 1 amide bonds. The molecule has 5 heteroatoms. The molecule has 3 N–H and O–H groups in total. The van der Waals surface area contributed by atoms with Crippen LogP contribution in [0.3, 0.4) is 0 Å². The standard InChI is InChI=1S/C15H19NO4/c17-13-7-1-10(2-8-13)9-14(18)16-12-5-3-11(4-6-12)15(19)20/h1-2,7-8,11-12,17H,3-6,9H2,(H,16,18)(H,19,20). The minimum atomic E-state index is -0.737. The Hall–Kier alpha value is -2.04. The quantitative estimate of drug-likeness (QED) is 0.781. The Bertz CT molecular complexity index is 475. The minimum absolute atomic E-state index is 0.0607. The van der Waals surface area contributed by atoms with Gasteiger partial charge in [0.25, 0.3) is 0 Å². The van der Waals surface area contributed by atoms with Crippen molar-refractivity contribution in [3.63, 3.8) is 0 Å². The number of carboxylic acid groups (broad SMARTS) is 1. The molecule has 2 rings (SSSR count). The third-order valence-electron chi connectivity index (χ3n) is 3.74. The van der Waals surface area contributed by atoms with Crippen molar-refractivity contribution in [2.45, 2.75) is 38.1 Å². The Balaban J connectivity index is 1.78. The summed E-state index contributed by atoms with van der Waals surface area (Å²) in [7, 11) is 0. The van der Waals surface area contributed by atoms with Crippen LogP contribution in [0.5, 0.6) is 5.75 Å². The molecule has 5 nitrogen and oxygen atoms in total. The molecule has 0 saturated heterocycles. The number of phenols is 1. The number of hydrogen-bond donors (Lipinski definition) is 3. The Morgan fingerprint density at radius 2 is 1.70 bits per heavy atom. The first-order valence-electron chi connectivity index (χ1n) is 6.84. The van der Waals surface area contributed by atoms with E-state index in [-0.39, 0.29) is 30.0 Å². The third-order valence-corrected chi connectivity index (χ3v) is 3.74. The van der Waals surface area contributed by atoms with E-state index in [1.165, 1.54) is 0 Å². The van der Waals surface area contributed by atoms with Crippen molar-refractivity contribution < 1.29 is 19.8 Å². The fourth-order valence-corrected chi connectivity index (χ4v) is 2.56. The van der Waals surface area contributed by atoms with Gasteiger partial charge in [0.1, 0.15) is 5.75 Å². The summed E-state index contributed by atoms with van der Waals surface area (Å²) in [6, 6.07) is 6.63. The van der Waals surface area contributed by atoms with Crippen LogP contribution < -0.4 is 5.32 Å².